The normalized spacial score (nSPS) is 15.1. The van der Waals surface area contributed by atoms with Crippen molar-refractivity contribution in [1.29, 1.82) is 5.41 Å². The molecule has 0 aliphatic carbocycles. The Hall–Kier alpha value is -0.570. The average Bonchev–Trinajstić information content (AvgIpc) is 2.12. The van der Waals surface area contributed by atoms with Gasteiger partial charge in [-0.3, -0.25) is 5.41 Å². The molecule has 0 aromatic heterocycles. The van der Waals surface area contributed by atoms with E-state index >= 15 is 0 Å². The quantitative estimate of drug-likeness (QED) is 0.359. The fourth-order valence-corrected chi connectivity index (χ4v) is 1.35. The Labute approximate surface area is 87.5 Å². The maximum absolute atomic E-state index is 7.19. The lowest BCUT2D eigenvalue weighted by molar-refractivity contribution is 0.0368. The van der Waals surface area contributed by atoms with Crippen LogP contribution >= 0.6 is 0 Å². The zero-order valence-electron chi connectivity index (χ0n) is 9.68. The summed E-state index contributed by atoms with van der Waals surface area (Å²) in [5.74, 6) is 0.116. The van der Waals surface area contributed by atoms with Gasteiger partial charge in [-0.25, -0.2) is 0 Å². The van der Waals surface area contributed by atoms with E-state index in [9.17, 15) is 0 Å². The third-order valence-corrected chi connectivity index (χ3v) is 2.34. The number of unbranched alkanes of at least 4 members (excludes halogenated alkanes) is 3. The van der Waals surface area contributed by atoms with Crippen molar-refractivity contribution in [1.82, 2.24) is 0 Å². The lowest BCUT2D eigenvalue weighted by atomic mass is 10.1. The van der Waals surface area contributed by atoms with Gasteiger partial charge in [0, 0.05) is 0 Å². The third-order valence-electron chi connectivity index (χ3n) is 2.34. The van der Waals surface area contributed by atoms with Gasteiger partial charge in [-0.15, -0.1) is 0 Å². The number of ether oxygens (including phenoxy) is 1. The van der Waals surface area contributed by atoms with Crippen LogP contribution < -0.4 is 5.73 Å². The van der Waals surface area contributed by atoms with Crippen LogP contribution in [0.3, 0.4) is 0 Å². The molecule has 0 aromatic rings. The highest BCUT2D eigenvalue weighted by Gasteiger charge is 2.10. The van der Waals surface area contributed by atoms with E-state index in [4.69, 9.17) is 15.9 Å². The van der Waals surface area contributed by atoms with Crippen molar-refractivity contribution in [2.75, 3.05) is 0 Å². The number of nitrogens with one attached hydrogen (secondary N) is 1. The number of amidine groups is 1. The van der Waals surface area contributed by atoms with E-state index in [0.717, 1.165) is 6.42 Å². The van der Waals surface area contributed by atoms with E-state index in [1.54, 1.807) is 0 Å². The van der Waals surface area contributed by atoms with Crippen molar-refractivity contribution >= 4 is 5.84 Å². The van der Waals surface area contributed by atoms with Crippen molar-refractivity contribution in [2.45, 2.75) is 65.1 Å². The van der Waals surface area contributed by atoms with E-state index < -0.39 is 0 Å². The molecule has 2 atom stereocenters. The standard InChI is InChI=1S/C11H24N2O/c1-4-5-6-7-8-9(2)14-10(3)11(12)13/h9-10H,4-8H2,1-3H3,(H3,12,13). The van der Waals surface area contributed by atoms with Gasteiger partial charge in [0.05, 0.1) is 6.10 Å². The lowest BCUT2D eigenvalue weighted by Crippen LogP contribution is -2.30. The van der Waals surface area contributed by atoms with Gasteiger partial charge in [0.1, 0.15) is 11.9 Å². The minimum atomic E-state index is -0.240. The molecule has 0 spiro atoms. The molecule has 3 nitrogen and oxygen atoms in total. The lowest BCUT2D eigenvalue weighted by Gasteiger charge is -2.17. The first-order chi connectivity index (χ1) is 6.57. The molecule has 3 N–H and O–H groups in total. The Balaban J connectivity index is 3.45. The fraction of sp³-hybridized carbons (Fsp3) is 0.909. The molecule has 0 saturated carbocycles. The first-order valence-corrected chi connectivity index (χ1v) is 5.57. The van der Waals surface area contributed by atoms with Gasteiger partial charge in [-0.2, -0.15) is 0 Å². The zero-order chi connectivity index (χ0) is 11.0. The van der Waals surface area contributed by atoms with E-state index in [0.29, 0.717) is 0 Å². The van der Waals surface area contributed by atoms with Crippen LogP contribution in [0.5, 0.6) is 0 Å². The highest BCUT2D eigenvalue weighted by Crippen LogP contribution is 2.09. The van der Waals surface area contributed by atoms with Gasteiger partial charge in [0.15, 0.2) is 0 Å². The van der Waals surface area contributed by atoms with Crippen LogP contribution in [0.4, 0.5) is 0 Å². The molecule has 2 unspecified atom stereocenters. The Morgan fingerprint density at radius 1 is 1.29 bits per heavy atom. The third kappa shape index (κ3) is 6.89. The van der Waals surface area contributed by atoms with Crippen LogP contribution in [0.1, 0.15) is 52.9 Å². The number of hydrogen-bond acceptors (Lipinski definition) is 2. The molecule has 0 aromatic carbocycles. The smallest absolute Gasteiger partial charge is 0.120 e. The van der Waals surface area contributed by atoms with Crippen molar-refractivity contribution in [3.8, 4) is 0 Å². The van der Waals surface area contributed by atoms with Crippen molar-refractivity contribution in [3.63, 3.8) is 0 Å². The van der Waals surface area contributed by atoms with Crippen LogP contribution in [0.2, 0.25) is 0 Å². The van der Waals surface area contributed by atoms with Gasteiger partial charge in [-0.05, 0) is 20.3 Å². The summed E-state index contributed by atoms with van der Waals surface area (Å²) in [6, 6.07) is 0. The number of hydrogen-bond donors (Lipinski definition) is 2. The Bertz CT molecular complexity index is 159. The highest BCUT2D eigenvalue weighted by atomic mass is 16.5. The molecule has 0 amide bonds. The molecular formula is C11H24N2O. The molecule has 0 aliphatic rings. The van der Waals surface area contributed by atoms with Crippen molar-refractivity contribution in [2.24, 2.45) is 5.73 Å². The Kier molecular flexibility index (Phi) is 7.48. The Morgan fingerprint density at radius 3 is 2.43 bits per heavy atom. The summed E-state index contributed by atoms with van der Waals surface area (Å²) in [5.41, 5.74) is 5.32. The van der Waals surface area contributed by atoms with Crippen molar-refractivity contribution < 1.29 is 4.74 Å². The molecule has 3 heteroatoms. The maximum Gasteiger partial charge on any atom is 0.120 e. The number of rotatable bonds is 8. The molecule has 0 saturated heterocycles. The van der Waals surface area contributed by atoms with Crippen LogP contribution in [-0.4, -0.2) is 18.0 Å². The van der Waals surface area contributed by atoms with Crippen LogP contribution in [0, 0.1) is 5.41 Å². The Morgan fingerprint density at radius 2 is 1.93 bits per heavy atom. The molecule has 14 heavy (non-hydrogen) atoms. The summed E-state index contributed by atoms with van der Waals surface area (Å²) in [4.78, 5) is 0. The first kappa shape index (κ1) is 13.4. The summed E-state index contributed by atoms with van der Waals surface area (Å²) in [6.07, 6.45) is 6.09. The largest absolute Gasteiger partial charge is 0.385 e. The van der Waals surface area contributed by atoms with Crippen LogP contribution in [0.15, 0.2) is 0 Å². The SMILES string of the molecule is CCCCCCC(C)OC(C)C(=N)N. The fourth-order valence-electron chi connectivity index (χ4n) is 1.35. The molecule has 0 heterocycles. The predicted molar refractivity (Wildman–Crippen MR) is 60.7 cm³/mol. The van der Waals surface area contributed by atoms with Crippen LogP contribution in [0.25, 0.3) is 0 Å². The molecule has 0 radical (unpaired) electrons. The number of nitrogens with two attached hydrogens (primary N) is 1. The van der Waals surface area contributed by atoms with Gasteiger partial charge in [-0.1, -0.05) is 32.6 Å². The monoisotopic (exact) mass is 200 g/mol. The molecule has 84 valence electrons. The molecule has 0 bridgehead atoms. The molecule has 0 fully saturated rings. The van der Waals surface area contributed by atoms with Crippen LogP contribution in [-0.2, 0) is 4.74 Å². The van der Waals surface area contributed by atoms with E-state index in [-0.39, 0.29) is 18.0 Å². The van der Waals surface area contributed by atoms with Crippen molar-refractivity contribution in [3.05, 3.63) is 0 Å². The first-order valence-electron chi connectivity index (χ1n) is 5.57. The molecular weight excluding hydrogens is 176 g/mol. The molecule has 0 rings (SSSR count). The summed E-state index contributed by atoms with van der Waals surface area (Å²) < 4.78 is 5.54. The summed E-state index contributed by atoms with van der Waals surface area (Å²) in [6.45, 7) is 6.08. The van der Waals surface area contributed by atoms with E-state index in [1.807, 2.05) is 13.8 Å². The highest BCUT2D eigenvalue weighted by molar-refractivity contribution is 5.81. The van der Waals surface area contributed by atoms with Gasteiger partial charge < -0.3 is 10.5 Å². The molecule has 0 aliphatic heterocycles. The van der Waals surface area contributed by atoms with E-state index in [1.165, 1.54) is 25.7 Å². The van der Waals surface area contributed by atoms with Gasteiger partial charge in [0.25, 0.3) is 0 Å². The van der Waals surface area contributed by atoms with Gasteiger partial charge in [0.2, 0.25) is 0 Å². The topological polar surface area (TPSA) is 59.1 Å². The summed E-state index contributed by atoms with van der Waals surface area (Å²) in [7, 11) is 0. The second-order valence-corrected chi connectivity index (χ2v) is 3.89. The van der Waals surface area contributed by atoms with Gasteiger partial charge >= 0.3 is 0 Å². The van der Waals surface area contributed by atoms with E-state index in [2.05, 4.69) is 6.92 Å². The zero-order valence-corrected chi connectivity index (χ0v) is 9.68. The predicted octanol–water partition coefficient (Wildman–Crippen LogP) is 2.69. The second kappa shape index (κ2) is 7.80. The average molecular weight is 200 g/mol. The summed E-state index contributed by atoms with van der Waals surface area (Å²) >= 11 is 0. The second-order valence-electron chi connectivity index (χ2n) is 3.89. The minimum Gasteiger partial charge on any atom is -0.385 e. The minimum absolute atomic E-state index is 0.116. The summed E-state index contributed by atoms with van der Waals surface area (Å²) in [5, 5.41) is 7.19. The maximum atomic E-state index is 7.19.